The topological polar surface area (TPSA) is 111 Å². The molecule has 0 amide bonds. The lowest BCUT2D eigenvalue weighted by molar-refractivity contribution is -0.140. The van der Waals surface area contributed by atoms with Gasteiger partial charge >= 0.3 is 11.9 Å². The minimum absolute atomic E-state index is 0.0486. The summed E-state index contributed by atoms with van der Waals surface area (Å²) in [7, 11) is 2.47. The first kappa shape index (κ1) is 18.3. The van der Waals surface area contributed by atoms with Crippen LogP contribution in [0.5, 0.6) is 0 Å². The maximum absolute atomic E-state index is 12.3. The number of benzene rings is 1. The van der Waals surface area contributed by atoms with E-state index in [1.807, 2.05) is 0 Å². The summed E-state index contributed by atoms with van der Waals surface area (Å²) in [4.78, 5) is 36.9. The third-order valence-electron chi connectivity index (χ3n) is 3.99. The summed E-state index contributed by atoms with van der Waals surface area (Å²) in [6.45, 7) is 0.0220. The summed E-state index contributed by atoms with van der Waals surface area (Å²) in [6.07, 6.45) is 0. The Labute approximate surface area is 154 Å². The largest absolute Gasteiger partial charge is 0.466 e. The van der Waals surface area contributed by atoms with Crippen molar-refractivity contribution in [3.8, 4) is 11.3 Å². The number of methoxy groups -OCH3 is 2. The van der Waals surface area contributed by atoms with E-state index in [2.05, 4.69) is 10.2 Å². The van der Waals surface area contributed by atoms with Gasteiger partial charge in [0.05, 0.1) is 32.1 Å². The van der Waals surface area contributed by atoms with Gasteiger partial charge in [-0.05, 0) is 18.2 Å². The van der Waals surface area contributed by atoms with Crippen LogP contribution in [0.3, 0.4) is 0 Å². The van der Waals surface area contributed by atoms with Crippen molar-refractivity contribution in [1.29, 1.82) is 0 Å². The van der Waals surface area contributed by atoms with E-state index in [1.165, 1.54) is 25.2 Å². The maximum Gasteiger partial charge on any atom is 0.355 e. The minimum atomic E-state index is -0.662. The lowest BCUT2D eigenvalue weighted by Crippen LogP contribution is -2.38. The van der Waals surface area contributed by atoms with Gasteiger partial charge in [0.1, 0.15) is 12.4 Å². The smallest absolute Gasteiger partial charge is 0.355 e. The van der Waals surface area contributed by atoms with Crippen LogP contribution in [0.25, 0.3) is 11.3 Å². The lowest BCUT2D eigenvalue weighted by Gasteiger charge is -2.31. The first-order valence-electron chi connectivity index (χ1n) is 7.96. The molecule has 0 saturated carbocycles. The predicted octanol–water partition coefficient (Wildman–Crippen LogP) is 0.831. The zero-order chi connectivity index (χ0) is 19.4. The third kappa shape index (κ3) is 3.72. The van der Waals surface area contributed by atoms with Crippen LogP contribution in [0.4, 0.5) is 5.69 Å². The number of nitrogens with zero attached hydrogens (tertiary/aromatic N) is 2. The molecule has 2 aromatic rings. The fraction of sp³-hybridized carbons (Fsp3) is 0.222. The first-order valence-corrected chi connectivity index (χ1v) is 7.96. The van der Waals surface area contributed by atoms with Gasteiger partial charge < -0.3 is 19.1 Å². The van der Waals surface area contributed by atoms with Crippen molar-refractivity contribution in [2.45, 2.75) is 0 Å². The van der Waals surface area contributed by atoms with Gasteiger partial charge in [-0.1, -0.05) is 12.1 Å². The standard InChI is InChI=1S/C18H17N3O6/c1-25-17(23)13-9-27-10-21(16(13)18(24)26-2)12-5-3-11(4-6-12)14-7-8-15(22)20-19-14/h3-8H,9-10H2,1-2H3,(H,20,22). The number of hydrogen-bond donors (Lipinski definition) is 1. The van der Waals surface area contributed by atoms with E-state index in [-0.39, 0.29) is 30.2 Å². The molecule has 0 bridgehead atoms. The number of carbonyl (C=O) groups is 2. The van der Waals surface area contributed by atoms with E-state index in [0.717, 1.165) is 5.56 Å². The Hall–Kier alpha value is -3.46. The fourth-order valence-electron chi connectivity index (χ4n) is 2.66. The molecule has 0 saturated heterocycles. The number of rotatable bonds is 4. The Morgan fingerprint density at radius 1 is 1.07 bits per heavy atom. The average molecular weight is 371 g/mol. The molecule has 1 aliphatic rings. The second-order valence-electron chi connectivity index (χ2n) is 5.57. The number of anilines is 1. The zero-order valence-corrected chi connectivity index (χ0v) is 14.7. The summed E-state index contributed by atoms with van der Waals surface area (Å²) in [5.41, 5.74) is 1.85. The van der Waals surface area contributed by atoms with Gasteiger partial charge in [0, 0.05) is 17.3 Å². The lowest BCUT2D eigenvalue weighted by atomic mass is 10.1. The van der Waals surface area contributed by atoms with E-state index in [0.29, 0.717) is 11.4 Å². The number of H-pyrrole nitrogens is 1. The van der Waals surface area contributed by atoms with E-state index in [9.17, 15) is 14.4 Å². The SMILES string of the molecule is COC(=O)C1=C(C(=O)OC)N(c2ccc(-c3ccc(=O)[nH]n3)cc2)COC1. The van der Waals surface area contributed by atoms with E-state index in [1.54, 1.807) is 30.3 Å². The Bertz CT molecular complexity index is 928. The number of ether oxygens (including phenoxy) is 3. The quantitative estimate of drug-likeness (QED) is 0.787. The maximum atomic E-state index is 12.3. The Kier molecular flexibility index (Phi) is 5.32. The van der Waals surface area contributed by atoms with E-state index >= 15 is 0 Å². The van der Waals surface area contributed by atoms with Gasteiger partial charge in [0.2, 0.25) is 0 Å². The molecular formula is C18H17N3O6. The van der Waals surface area contributed by atoms with Gasteiger partial charge in [-0.15, -0.1) is 0 Å². The highest BCUT2D eigenvalue weighted by Crippen LogP contribution is 2.28. The molecule has 1 aromatic heterocycles. The number of nitrogens with one attached hydrogen (secondary N) is 1. The summed E-state index contributed by atoms with van der Waals surface area (Å²) >= 11 is 0. The monoisotopic (exact) mass is 371 g/mol. The molecule has 2 heterocycles. The number of aromatic amines is 1. The van der Waals surface area contributed by atoms with Gasteiger partial charge in [0.15, 0.2) is 0 Å². The molecule has 0 radical (unpaired) electrons. The molecule has 140 valence electrons. The number of hydrogen-bond acceptors (Lipinski definition) is 8. The molecule has 9 nitrogen and oxygen atoms in total. The average Bonchev–Trinajstić information content (AvgIpc) is 2.72. The Morgan fingerprint density at radius 3 is 2.37 bits per heavy atom. The highest BCUT2D eigenvalue weighted by molar-refractivity contribution is 6.03. The van der Waals surface area contributed by atoms with Crippen LogP contribution in [0.15, 0.2) is 52.5 Å². The van der Waals surface area contributed by atoms with Gasteiger partial charge in [-0.3, -0.25) is 4.79 Å². The van der Waals surface area contributed by atoms with Gasteiger partial charge in [-0.2, -0.15) is 5.10 Å². The minimum Gasteiger partial charge on any atom is -0.466 e. The van der Waals surface area contributed by atoms with Crippen LogP contribution < -0.4 is 10.5 Å². The van der Waals surface area contributed by atoms with Gasteiger partial charge in [-0.25, -0.2) is 14.7 Å². The van der Waals surface area contributed by atoms with Crippen molar-refractivity contribution in [2.24, 2.45) is 0 Å². The summed E-state index contributed by atoms with van der Waals surface area (Å²) in [5, 5.41) is 6.35. The molecule has 0 aliphatic carbocycles. The van der Waals surface area contributed by atoms with E-state index < -0.39 is 11.9 Å². The van der Waals surface area contributed by atoms with Crippen molar-refractivity contribution in [3.63, 3.8) is 0 Å². The highest BCUT2D eigenvalue weighted by atomic mass is 16.5. The molecule has 0 spiro atoms. The van der Waals surface area contributed by atoms with Gasteiger partial charge in [0.25, 0.3) is 5.56 Å². The zero-order valence-electron chi connectivity index (χ0n) is 14.7. The fourth-order valence-corrected chi connectivity index (χ4v) is 2.66. The van der Waals surface area contributed by atoms with E-state index in [4.69, 9.17) is 14.2 Å². The van der Waals surface area contributed by atoms with Crippen LogP contribution in [0.1, 0.15) is 0 Å². The second kappa shape index (κ2) is 7.83. The molecule has 1 aromatic carbocycles. The molecule has 0 fully saturated rings. The van der Waals surface area contributed by atoms with Crippen molar-refractivity contribution in [2.75, 3.05) is 32.5 Å². The number of carbonyl (C=O) groups excluding carboxylic acids is 2. The third-order valence-corrected chi connectivity index (χ3v) is 3.99. The van der Waals surface area contributed by atoms with Crippen molar-refractivity contribution in [3.05, 3.63) is 58.0 Å². The van der Waals surface area contributed by atoms with Crippen molar-refractivity contribution in [1.82, 2.24) is 10.2 Å². The summed E-state index contributed by atoms with van der Waals surface area (Å²) in [6, 6.07) is 10.0. The Morgan fingerprint density at radius 2 is 1.78 bits per heavy atom. The molecule has 3 rings (SSSR count). The van der Waals surface area contributed by atoms with Crippen LogP contribution in [-0.2, 0) is 23.8 Å². The highest BCUT2D eigenvalue weighted by Gasteiger charge is 2.32. The molecule has 1 N–H and O–H groups in total. The van der Waals surface area contributed by atoms with Crippen LogP contribution >= 0.6 is 0 Å². The van der Waals surface area contributed by atoms with Crippen molar-refractivity contribution < 1.29 is 23.8 Å². The summed E-state index contributed by atoms with van der Waals surface area (Å²) < 4.78 is 15.0. The Balaban J connectivity index is 1.98. The molecular weight excluding hydrogens is 354 g/mol. The molecule has 27 heavy (non-hydrogen) atoms. The molecule has 9 heteroatoms. The summed E-state index contributed by atoms with van der Waals surface area (Å²) in [5.74, 6) is -1.32. The van der Waals surface area contributed by atoms with Crippen molar-refractivity contribution >= 4 is 17.6 Å². The molecule has 0 atom stereocenters. The van der Waals surface area contributed by atoms with Crippen LogP contribution in [0.2, 0.25) is 0 Å². The predicted molar refractivity (Wildman–Crippen MR) is 94.6 cm³/mol. The second-order valence-corrected chi connectivity index (χ2v) is 5.57. The van der Waals surface area contributed by atoms with Crippen LogP contribution in [0, 0.1) is 0 Å². The molecule has 1 aliphatic heterocycles. The normalized spacial score (nSPS) is 14.1. The number of aromatic nitrogens is 2. The molecule has 0 unspecified atom stereocenters. The van der Waals surface area contributed by atoms with Crippen LogP contribution in [-0.4, -0.2) is 49.7 Å². The first-order chi connectivity index (χ1) is 13.0. The number of esters is 2.